The number of rotatable bonds is 13. The number of carbonyl (C=O) groups is 4. The maximum Gasteiger partial charge on any atom is 0.352 e. The summed E-state index contributed by atoms with van der Waals surface area (Å²) in [5.41, 5.74) is 0.528. The zero-order valence-electron chi connectivity index (χ0n) is 21.9. The summed E-state index contributed by atoms with van der Waals surface area (Å²) in [5, 5.41) is 33.8. The number of pyridine rings is 1. The number of nitrogens with zero attached hydrogens (tertiary/aromatic N) is 2. The van der Waals surface area contributed by atoms with E-state index in [1.54, 1.807) is 47.3 Å². The van der Waals surface area contributed by atoms with Gasteiger partial charge >= 0.3 is 5.97 Å². The summed E-state index contributed by atoms with van der Waals surface area (Å²) in [7, 11) is 0. The van der Waals surface area contributed by atoms with Crippen molar-refractivity contribution in [2.24, 2.45) is 0 Å². The summed E-state index contributed by atoms with van der Waals surface area (Å²) in [6, 6.07) is 6.94. The maximum atomic E-state index is 13.0. The van der Waals surface area contributed by atoms with Gasteiger partial charge in [0.1, 0.15) is 17.1 Å². The number of benzene rings is 1. The van der Waals surface area contributed by atoms with Crippen LogP contribution in [-0.2, 0) is 25.7 Å². The number of amides is 3. The predicted octanol–water partition coefficient (Wildman–Crippen LogP) is 1.37. The second kappa shape index (κ2) is 14.8. The minimum Gasteiger partial charge on any atom is -0.477 e. The van der Waals surface area contributed by atoms with E-state index in [0.29, 0.717) is 32.0 Å². The van der Waals surface area contributed by atoms with E-state index in [1.807, 2.05) is 0 Å². The van der Waals surface area contributed by atoms with E-state index in [4.69, 9.17) is 33.4 Å². The first-order valence-corrected chi connectivity index (χ1v) is 16.3. The van der Waals surface area contributed by atoms with Crippen LogP contribution in [0.2, 0.25) is 10.0 Å². The summed E-state index contributed by atoms with van der Waals surface area (Å²) in [6.45, 7) is -0.739. The Balaban J connectivity index is 1.32. The van der Waals surface area contributed by atoms with Crippen molar-refractivity contribution >= 4 is 82.2 Å². The average molecular weight is 675 g/mol. The number of thioether (sulfide) groups is 3. The molecule has 3 heterocycles. The van der Waals surface area contributed by atoms with Crippen LogP contribution < -0.4 is 15.2 Å². The smallest absolute Gasteiger partial charge is 0.352 e. The van der Waals surface area contributed by atoms with Gasteiger partial charge in [0.25, 0.3) is 11.8 Å². The first-order valence-electron chi connectivity index (χ1n) is 12.5. The lowest BCUT2D eigenvalue weighted by Gasteiger charge is -2.49. The van der Waals surface area contributed by atoms with Crippen LogP contribution in [0.4, 0.5) is 0 Å². The van der Waals surface area contributed by atoms with Gasteiger partial charge in [-0.1, -0.05) is 23.2 Å². The Kier molecular flexibility index (Phi) is 11.5. The van der Waals surface area contributed by atoms with Crippen LogP contribution >= 0.6 is 58.5 Å². The molecule has 3 amide bonds. The van der Waals surface area contributed by atoms with E-state index in [0.717, 1.165) is 4.90 Å². The molecule has 1 fully saturated rings. The predicted molar refractivity (Wildman–Crippen MR) is 160 cm³/mol. The molecular formula is C26H27Cl2N4O7S3+. The zero-order chi connectivity index (χ0) is 30.4. The average Bonchev–Trinajstić information content (AvgIpc) is 2.98. The summed E-state index contributed by atoms with van der Waals surface area (Å²) in [6.07, 6.45) is 3.38. The lowest BCUT2D eigenvalue weighted by Crippen LogP contribution is -2.70. The highest BCUT2D eigenvalue weighted by atomic mass is 35.5. The summed E-state index contributed by atoms with van der Waals surface area (Å²) in [5.74, 6) is -1.70. The molecular weight excluding hydrogens is 647 g/mol. The number of nitrogens with one attached hydrogen (secondary N) is 2. The van der Waals surface area contributed by atoms with Crippen molar-refractivity contribution in [1.29, 1.82) is 0 Å². The number of carbonyl (C=O) groups excluding carboxylic acids is 3. The number of fused-ring (bicyclic) bond motifs is 1. The largest absolute Gasteiger partial charge is 0.477 e. The third-order valence-electron chi connectivity index (χ3n) is 6.22. The number of aliphatic carboxylic acids is 1. The minimum absolute atomic E-state index is 0.00436. The number of hydrogen-bond acceptors (Lipinski definition) is 9. The van der Waals surface area contributed by atoms with Gasteiger partial charge in [-0.05, 0) is 23.8 Å². The Morgan fingerprint density at radius 1 is 1.10 bits per heavy atom. The maximum absolute atomic E-state index is 13.0. The molecule has 4 rings (SSSR count). The third kappa shape index (κ3) is 7.92. The van der Waals surface area contributed by atoms with Crippen molar-refractivity contribution in [1.82, 2.24) is 15.5 Å². The topological polar surface area (TPSA) is 160 Å². The number of β-lactam (4-membered cyclic amide) rings is 1. The van der Waals surface area contributed by atoms with Crippen molar-refractivity contribution < 1.29 is 39.1 Å². The van der Waals surface area contributed by atoms with Crippen LogP contribution in [0.25, 0.3) is 0 Å². The number of aliphatic hydroxyl groups excluding tert-OH is 2. The van der Waals surface area contributed by atoms with E-state index in [9.17, 15) is 24.3 Å². The molecule has 2 aliphatic rings. The van der Waals surface area contributed by atoms with Crippen LogP contribution in [0, 0.1) is 0 Å². The molecule has 0 saturated carbocycles. The fourth-order valence-corrected chi connectivity index (χ4v) is 7.82. The SMILES string of the molecule is O=C(C[n+]1ccc(SCC2=C(C(=O)O)N3C(=O)[C@H](NC(=O)CSc4cc(Cl)ccc4Cl)[C@H]3SC2)cc1)NC(CO)CO. The van der Waals surface area contributed by atoms with E-state index < -0.39 is 29.3 Å². The van der Waals surface area contributed by atoms with Gasteiger partial charge < -0.3 is 26.0 Å². The Morgan fingerprint density at radius 3 is 2.48 bits per heavy atom. The highest BCUT2D eigenvalue weighted by molar-refractivity contribution is 8.01. The second-order valence-corrected chi connectivity index (χ2v) is 13.2. The van der Waals surface area contributed by atoms with Crippen LogP contribution in [0.1, 0.15) is 0 Å². The van der Waals surface area contributed by atoms with E-state index >= 15 is 0 Å². The monoisotopic (exact) mass is 673 g/mol. The van der Waals surface area contributed by atoms with E-state index in [-0.39, 0.29) is 43.0 Å². The van der Waals surface area contributed by atoms with Gasteiger partial charge in [0.15, 0.2) is 12.4 Å². The van der Waals surface area contributed by atoms with Crippen LogP contribution in [0.3, 0.4) is 0 Å². The summed E-state index contributed by atoms with van der Waals surface area (Å²) >= 11 is 16.1. The number of halogens is 2. The summed E-state index contributed by atoms with van der Waals surface area (Å²) in [4.78, 5) is 52.5. The van der Waals surface area contributed by atoms with Crippen LogP contribution in [0.5, 0.6) is 0 Å². The van der Waals surface area contributed by atoms with Crippen molar-refractivity contribution in [3.8, 4) is 0 Å². The highest BCUT2D eigenvalue weighted by Gasteiger charge is 2.54. The molecule has 0 aliphatic carbocycles. The molecule has 1 aromatic carbocycles. The molecule has 0 bridgehead atoms. The van der Waals surface area contributed by atoms with Gasteiger partial charge in [-0.3, -0.25) is 19.3 Å². The van der Waals surface area contributed by atoms with Gasteiger partial charge in [0, 0.05) is 38.5 Å². The lowest BCUT2D eigenvalue weighted by molar-refractivity contribution is -0.684. The fraction of sp³-hybridized carbons (Fsp3) is 0.346. The molecule has 16 heteroatoms. The molecule has 42 heavy (non-hydrogen) atoms. The Hall–Kier alpha value is -2.46. The Morgan fingerprint density at radius 2 is 1.81 bits per heavy atom. The Bertz CT molecular complexity index is 1390. The highest BCUT2D eigenvalue weighted by Crippen LogP contribution is 2.41. The lowest BCUT2D eigenvalue weighted by atomic mass is 10.0. The van der Waals surface area contributed by atoms with Crippen LogP contribution in [0.15, 0.2) is 63.8 Å². The van der Waals surface area contributed by atoms with E-state index in [2.05, 4.69) is 10.6 Å². The van der Waals surface area contributed by atoms with Gasteiger partial charge in [0.05, 0.1) is 30.0 Å². The molecule has 0 spiro atoms. The van der Waals surface area contributed by atoms with Gasteiger partial charge in [0.2, 0.25) is 12.5 Å². The minimum atomic E-state index is -1.21. The third-order valence-corrected chi connectivity index (χ3v) is 10.4. The molecule has 0 unspecified atom stereocenters. The normalized spacial score (nSPS) is 18.0. The Labute approximate surface area is 264 Å². The number of carboxylic acids is 1. The quantitative estimate of drug-likeness (QED) is 0.119. The van der Waals surface area contributed by atoms with Crippen LogP contribution in [-0.4, -0.2) is 91.8 Å². The zero-order valence-corrected chi connectivity index (χ0v) is 25.8. The molecule has 2 atom stereocenters. The molecule has 5 N–H and O–H groups in total. The van der Waals surface area contributed by atoms with Crippen molar-refractivity contribution in [2.45, 2.75) is 33.8 Å². The number of aromatic nitrogens is 1. The van der Waals surface area contributed by atoms with Crippen molar-refractivity contribution in [3.63, 3.8) is 0 Å². The first-order chi connectivity index (χ1) is 20.1. The van der Waals surface area contributed by atoms with Crippen molar-refractivity contribution in [3.05, 3.63) is 64.0 Å². The van der Waals surface area contributed by atoms with E-state index in [1.165, 1.54) is 40.2 Å². The van der Waals surface area contributed by atoms with Gasteiger partial charge in [-0.25, -0.2) is 4.79 Å². The molecule has 224 valence electrons. The number of aliphatic hydroxyl groups is 2. The van der Waals surface area contributed by atoms with Gasteiger partial charge in [-0.15, -0.1) is 35.3 Å². The summed E-state index contributed by atoms with van der Waals surface area (Å²) < 4.78 is 1.63. The first kappa shape index (κ1) is 32.5. The number of hydrogen-bond donors (Lipinski definition) is 5. The second-order valence-electron chi connectivity index (χ2n) is 9.20. The molecule has 1 saturated heterocycles. The molecule has 1 aromatic heterocycles. The fourth-order valence-electron chi connectivity index (χ4n) is 4.14. The molecule has 11 nitrogen and oxygen atoms in total. The standard InChI is InChI=1S/C26H26Cl2N4O7S3/c27-15-1-2-18(28)19(7-15)41-13-21(36)30-22-24(37)32-23(26(38)39)14(12-42-25(22)32)11-40-17-3-5-31(6-4-17)8-20(35)29-16(9-33)10-34/h1-7,16,22,25,33-34H,8-13H2,(H2-,29,30,35,36,38,39)/p+1/t22-,25+/m0/s1. The van der Waals surface area contributed by atoms with Gasteiger partial charge in [-0.2, -0.15) is 4.57 Å². The van der Waals surface area contributed by atoms with Crippen molar-refractivity contribution in [2.75, 3.05) is 30.5 Å². The molecule has 2 aliphatic heterocycles. The molecule has 2 aromatic rings. The number of carboxylic acid groups (broad SMARTS) is 1. The molecule has 0 radical (unpaired) electrons.